The summed E-state index contributed by atoms with van der Waals surface area (Å²) in [6.07, 6.45) is -6.62. The fraction of sp³-hybridized carbons (Fsp3) is 0.355. The van der Waals surface area contributed by atoms with Crippen molar-refractivity contribution in [3.05, 3.63) is 86.1 Å². The monoisotopic (exact) mass is 625 g/mol. The summed E-state index contributed by atoms with van der Waals surface area (Å²) in [6.45, 7) is 3.73. The Labute approximate surface area is 254 Å². The van der Waals surface area contributed by atoms with Gasteiger partial charge in [-0.25, -0.2) is 4.68 Å². The average molecular weight is 626 g/mol. The molecule has 5 aromatic rings. The third-order valence-corrected chi connectivity index (χ3v) is 8.98. The molecule has 2 unspecified atom stereocenters. The zero-order chi connectivity index (χ0) is 31.2. The molecular weight excluding hydrogens is 595 g/mol. The van der Waals surface area contributed by atoms with Crippen molar-refractivity contribution in [2.75, 3.05) is 13.2 Å². The predicted octanol–water partition coefficient (Wildman–Crippen LogP) is 5.59. The summed E-state index contributed by atoms with van der Waals surface area (Å²) in [6, 6.07) is 12.3. The van der Waals surface area contributed by atoms with Gasteiger partial charge in [-0.15, -0.1) is 16.4 Å². The van der Waals surface area contributed by atoms with E-state index in [0.717, 1.165) is 49.4 Å². The summed E-state index contributed by atoms with van der Waals surface area (Å²) in [4.78, 5) is 29.2. The van der Waals surface area contributed by atoms with E-state index in [-0.39, 0.29) is 43.5 Å². The molecule has 0 bridgehead atoms. The number of nitrogens with zero attached hydrogens (tertiary/aromatic N) is 4. The number of thiophene rings is 1. The van der Waals surface area contributed by atoms with Gasteiger partial charge < -0.3 is 14.5 Å². The molecule has 4 heterocycles. The first-order valence-corrected chi connectivity index (χ1v) is 15.0. The smallest absolute Gasteiger partial charge is 0.426 e. The maximum absolute atomic E-state index is 14.0. The third kappa shape index (κ3) is 5.81. The number of hydrogen-bond donors (Lipinski definition) is 1. The van der Waals surface area contributed by atoms with Gasteiger partial charge in [0.1, 0.15) is 11.3 Å². The summed E-state index contributed by atoms with van der Waals surface area (Å²) in [5.41, 5.74) is 4.86. The quantitative estimate of drug-likeness (QED) is 0.235. The Kier molecular flexibility index (Phi) is 7.93. The third-order valence-electron chi connectivity index (χ3n) is 7.98. The molecule has 0 saturated heterocycles. The number of nitrogens with one attached hydrogen (secondary N) is 1. The first-order chi connectivity index (χ1) is 21.0. The van der Waals surface area contributed by atoms with Gasteiger partial charge in [-0.3, -0.25) is 14.5 Å². The minimum absolute atomic E-state index is 0.00817. The van der Waals surface area contributed by atoms with Crippen LogP contribution in [0.15, 0.2) is 52.6 Å². The molecule has 0 amide bonds. The number of halogens is 3. The summed E-state index contributed by atoms with van der Waals surface area (Å²) in [7, 11) is 1.81. The van der Waals surface area contributed by atoms with E-state index in [1.54, 1.807) is 16.5 Å². The fourth-order valence-corrected chi connectivity index (χ4v) is 6.79. The Bertz CT molecular complexity index is 1910. The number of alkyl halides is 3. The molecule has 230 valence electrons. The highest BCUT2D eigenvalue weighted by molar-refractivity contribution is 7.17. The van der Waals surface area contributed by atoms with Gasteiger partial charge in [0.05, 0.1) is 24.2 Å². The number of aryl methyl sites for hydroxylation is 2. The van der Waals surface area contributed by atoms with Crippen LogP contribution in [0.5, 0.6) is 5.75 Å². The molecule has 1 aliphatic heterocycles. The highest BCUT2D eigenvalue weighted by atomic mass is 32.1. The van der Waals surface area contributed by atoms with E-state index in [2.05, 4.69) is 15.3 Å². The van der Waals surface area contributed by atoms with Crippen LogP contribution in [0.1, 0.15) is 47.2 Å². The van der Waals surface area contributed by atoms with Crippen molar-refractivity contribution in [3.8, 4) is 5.75 Å². The Hall–Kier alpha value is -4.23. The van der Waals surface area contributed by atoms with Crippen LogP contribution in [0, 0.1) is 6.92 Å². The highest BCUT2D eigenvalue weighted by Crippen LogP contribution is 2.38. The zero-order valence-electron chi connectivity index (χ0n) is 24.3. The molecule has 0 aliphatic carbocycles. The molecule has 3 aromatic heterocycles. The first kappa shape index (κ1) is 29.8. The first-order valence-electron chi connectivity index (χ1n) is 14.1. The van der Waals surface area contributed by atoms with Crippen LogP contribution in [-0.4, -0.2) is 56.3 Å². The number of H-pyrrole nitrogens is 1. The molecular formula is C31H30F3N5O4S. The SMILES string of the molecule is CCOC(=O)CC(c1cc(CN2Cc3[nH]c(=O)ccc3OC(C(F)(F)F)C2)c2sccc2c1)c1ccc2c(nnn2C)c1C. The van der Waals surface area contributed by atoms with E-state index in [1.165, 1.54) is 17.4 Å². The van der Waals surface area contributed by atoms with Gasteiger partial charge in [-0.05, 0) is 71.1 Å². The number of esters is 1. The van der Waals surface area contributed by atoms with E-state index < -0.39 is 30.3 Å². The summed E-state index contributed by atoms with van der Waals surface area (Å²) >= 11 is 1.50. The normalized spacial score (nSPS) is 16.5. The van der Waals surface area contributed by atoms with E-state index in [9.17, 15) is 22.8 Å². The lowest BCUT2D eigenvalue weighted by Gasteiger charge is -2.26. The molecule has 0 fully saturated rings. The number of fused-ring (bicyclic) bond motifs is 3. The molecule has 6 rings (SSSR count). The maximum Gasteiger partial charge on any atom is 0.426 e. The molecule has 2 aromatic carbocycles. The molecule has 1 N–H and O–H groups in total. The number of hydrogen-bond acceptors (Lipinski definition) is 8. The second kappa shape index (κ2) is 11.7. The van der Waals surface area contributed by atoms with Gasteiger partial charge >= 0.3 is 12.1 Å². The van der Waals surface area contributed by atoms with Crippen LogP contribution in [-0.2, 0) is 29.7 Å². The summed E-state index contributed by atoms with van der Waals surface area (Å²) in [5.74, 6) is -0.758. The number of rotatable bonds is 7. The maximum atomic E-state index is 14.0. The standard InChI is InChI=1S/C31H30F3N5O4S/c1-4-42-28(41)13-22(21-5-6-24-29(17(21)2)36-37-38(24)3)19-11-18-9-10-44-30(18)20(12-19)14-39-15-23-25(7-8-27(40)35-23)43-26(16-39)31(32,33)34/h5-12,22,26H,4,13-16H2,1-3H3,(H,35,40). The minimum Gasteiger partial charge on any atom is -0.478 e. The van der Waals surface area contributed by atoms with Crippen LogP contribution < -0.4 is 10.3 Å². The topological polar surface area (TPSA) is 102 Å². The fourth-order valence-electron chi connectivity index (χ4n) is 5.90. The van der Waals surface area contributed by atoms with Crippen LogP contribution in [0.3, 0.4) is 0 Å². The minimum atomic E-state index is -4.61. The van der Waals surface area contributed by atoms with Gasteiger partial charge in [0, 0.05) is 43.4 Å². The lowest BCUT2D eigenvalue weighted by molar-refractivity contribution is -0.198. The van der Waals surface area contributed by atoms with E-state index >= 15 is 0 Å². The highest BCUT2D eigenvalue weighted by Gasteiger charge is 2.44. The second-order valence-electron chi connectivity index (χ2n) is 10.9. The lowest BCUT2D eigenvalue weighted by Crippen LogP contribution is -2.42. The number of aromatic nitrogens is 4. The Balaban J connectivity index is 1.43. The Morgan fingerprint density at radius 1 is 1.23 bits per heavy atom. The van der Waals surface area contributed by atoms with Crippen molar-refractivity contribution in [3.63, 3.8) is 0 Å². The predicted molar refractivity (Wildman–Crippen MR) is 160 cm³/mol. The number of carbonyl (C=O) groups is 1. The number of ether oxygens (including phenoxy) is 2. The second-order valence-corrected chi connectivity index (χ2v) is 11.8. The Morgan fingerprint density at radius 3 is 2.82 bits per heavy atom. The van der Waals surface area contributed by atoms with Crippen molar-refractivity contribution in [2.24, 2.45) is 7.05 Å². The van der Waals surface area contributed by atoms with Crippen LogP contribution in [0.25, 0.3) is 21.1 Å². The molecule has 13 heteroatoms. The molecule has 1 aliphatic rings. The number of pyridine rings is 1. The molecule has 44 heavy (non-hydrogen) atoms. The summed E-state index contributed by atoms with van der Waals surface area (Å²) in [5, 5.41) is 11.3. The summed E-state index contributed by atoms with van der Waals surface area (Å²) < 4.78 is 55.4. The van der Waals surface area contributed by atoms with E-state index in [4.69, 9.17) is 9.47 Å². The lowest BCUT2D eigenvalue weighted by atomic mass is 9.84. The van der Waals surface area contributed by atoms with E-state index in [1.807, 2.05) is 49.7 Å². The number of benzene rings is 2. The van der Waals surface area contributed by atoms with Crippen LogP contribution in [0.2, 0.25) is 0 Å². The van der Waals surface area contributed by atoms with Gasteiger partial charge in [-0.2, -0.15) is 13.2 Å². The van der Waals surface area contributed by atoms with Gasteiger partial charge in [-0.1, -0.05) is 17.3 Å². The van der Waals surface area contributed by atoms with Crippen molar-refractivity contribution in [1.82, 2.24) is 24.9 Å². The molecule has 2 atom stereocenters. The largest absolute Gasteiger partial charge is 0.478 e. The van der Waals surface area contributed by atoms with Crippen molar-refractivity contribution < 1.29 is 27.4 Å². The van der Waals surface area contributed by atoms with Gasteiger partial charge in [0.15, 0.2) is 0 Å². The average Bonchev–Trinajstić information content (AvgIpc) is 3.55. The van der Waals surface area contributed by atoms with Crippen LogP contribution in [0.4, 0.5) is 13.2 Å². The van der Waals surface area contributed by atoms with Crippen LogP contribution >= 0.6 is 11.3 Å². The molecule has 0 radical (unpaired) electrons. The Morgan fingerprint density at radius 2 is 2.05 bits per heavy atom. The zero-order valence-corrected chi connectivity index (χ0v) is 25.1. The van der Waals surface area contributed by atoms with Gasteiger partial charge in [0.25, 0.3) is 0 Å². The van der Waals surface area contributed by atoms with Crippen molar-refractivity contribution >= 4 is 38.4 Å². The number of aromatic amines is 1. The van der Waals surface area contributed by atoms with Crippen molar-refractivity contribution in [1.29, 1.82) is 0 Å². The van der Waals surface area contributed by atoms with E-state index in [0.29, 0.717) is 0 Å². The molecule has 9 nitrogen and oxygen atoms in total. The van der Waals surface area contributed by atoms with Crippen molar-refractivity contribution in [2.45, 2.75) is 51.6 Å². The number of carbonyl (C=O) groups excluding carboxylic acids is 1. The molecule has 0 saturated carbocycles. The van der Waals surface area contributed by atoms with Gasteiger partial charge in [0.2, 0.25) is 11.7 Å². The molecule has 0 spiro atoms.